The zero-order valence-electron chi connectivity index (χ0n) is 11.1. The Morgan fingerprint density at radius 1 is 1.44 bits per heavy atom. The van der Waals surface area contributed by atoms with E-state index in [4.69, 9.17) is 4.74 Å². The van der Waals surface area contributed by atoms with E-state index in [1.54, 1.807) is 13.0 Å². The lowest BCUT2D eigenvalue weighted by Crippen LogP contribution is -2.20. The summed E-state index contributed by atoms with van der Waals surface area (Å²) in [6.07, 6.45) is 0. The highest BCUT2D eigenvalue weighted by molar-refractivity contribution is 9.10. The van der Waals surface area contributed by atoms with Crippen LogP contribution in [0.4, 0.5) is 5.82 Å². The summed E-state index contributed by atoms with van der Waals surface area (Å²) in [7, 11) is 0. The van der Waals surface area contributed by atoms with Gasteiger partial charge in [-0.3, -0.25) is 4.79 Å². The minimum Gasteiger partial charge on any atom is -0.465 e. The molecule has 1 heterocycles. The van der Waals surface area contributed by atoms with Crippen LogP contribution in [0.3, 0.4) is 0 Å². The number of rotatable bonds is 4. The molecule has 18 heavy (non-hydrogen) atoms. The minimum absolute atomic E-state index is 0.0981. The van der Waals surface area contributed by atoms with E-state index >= 15 is 0 Å². The second-order valence-electron chi connectivity index (χ2n) is 4.81. The first-order valence-corrected chi connectivity index (χ1v) is 6.56. The Labute approximate surface area is 115 Å². The Morgan fingerprint density at radius 3 is 2.67 bits per heavy atom. The quantitative estimate of drug-likeness (QED) is 0.683. The summed E-state index contributed by atoms with van der Waals surface area (Å²) >= 11 is 3.34. The summed E-state index contributed by atoms with van der Waals surface area (Å²) in [4.78, 5) is 19.9. The van der Waals surface area contributed by atoms with Crippen molar-refractivity contribution in [2.45, 2.75) is 33.1 Å². The lowest BCUT2D eigenvalue weighted by atomic mass is 9.96. The molecule has 100 valence electrons. The number of hydrogen-bond donors (Lipinski definition) is 1. The molecule has 0 unspecified atom stereocenters. The average Bonchev–Trinajstić information content (AvgIpc) is 2.25. The molecule has 0 aliphatic rings. The SMILES string of the molecule is CCOC(=O)CNc1cc(Br)nc(C(C)(C)C)n1. The van der Waals surface area contributed by atoms with Gasteiger partial charge in [0.15, 0.2) is 0 Å². The van der Waals surface area contributed by atoms with Crippen LogP contribution in [0.15, 0.2) is 10.7 Å². The maximum absolute atomic E-state index is 11.2. The van der Waals surface area contributed by atoms with Crippen molar-refractivity contribution in [3.8, 4) is 0 Å². The highest BCUT2D eigenvalue weighted by atomic mass is 79.9. The van der Waals surface area contributed by atoms with Crippen molar-refractivity contribution in [1.29, 1.82) is 0 Å². The topological polar surface area (TPSA) is 64.1 Å². The molecule has 1 aromatic rings. The van der Waals surface area contributed by atoms with Crippen LogP contribution < -0.4 is 5.32 Å². The van der Waals surface area contributed by atoms with Gasteiger partial charge in [0.25, 0.3) is 0 Å². The van der Waals surface area contributed by atoms with Crippen LogP contribution in [0.2, 0.25) is 0 Å². The molecule has 1 rings (SSSR count). The fraction of sp³-hybridized carbons (Fsp3) is 0.583. The number of ether oxygens (including phenoxy) is 1. The van der Waals surface area contributed by atoms with Crippen LogP contribution >= 0.6 is 15.9 Å². The number of nitrogens with zero attached hydrogens (tertiary/aromatic N) is 2. The largest absolute Gasteiger partial charge is 0.465 e. The van der Waals surface area contributed by atoms with Crippen LogP contribution in [-0.2, 0) is 14.9 Å². The molecule has 0 saturated carbocycles. The Bertz CT molecular complexity index is 430. The minimum atomic E-state index is -0.301. The van der Waals surface area contributed by atoms with E-state index in [-0.39, 0.29) is 17.9 Å². The molecule has 0 aliphatic carbocycles. The normalized spacial score (nSPS) is 11.2. The first-order chi connectivity index (χ1) is 8.32. The maximum Gasteiger partial charge on any atom is 0.325 e. The van der Waals surface area contributed by atoms with Gasteiger partial charge in [-0.15, -0.1) is 0 Å². The molecule has 0 aromatic carbocycles. The van der Waals surface area contributed by atoms with E-state index in [9.17, 15) is 4.79 Å². The summed E-state index contributed by atoms with van der Waals surface area (Å²) in [6, 6.07) is 1.73. The number of carbonyl (C=O) groups excluding carboxylic acids is 1. The predicted molar refractivity (Wildman–Crippen MR) is 73.6 cm³/mol. The lowest BCUT2D eigenvalue weighted by molar-refractivity contribution is -0.140. The number of halogens is 1. The number of aromatic nitrogens is 2. The number of esters is 1. The fourth-order valence-corrected chi connectivity index (χ4v) is 1.60. The standard InChI is InChI=1S/C12H18BrN3O2/c1-5-18-10(17)7-14-9-6-8(13)15-11(16-9)12(2,3)4/h6H,5,7H2,1-4H3,(H,14,15,16). The summed E-state index contributed by atoms with van der Waals surface area (Å²) in [5.74, 6) is 1.02. The Hall–Kier alpha value is -1.17. The van der Waals surface area contributed by atoms with Gasteiger partial charge in [0.05, 0.1) is 6.61 Å². The lowest BCUT2D eigenvalue weighted by Gasteiger charge is -2.17. The highest BCUT2D eigenvalue weighted by Gasteiger charge is 2.18. The monoisotopic (exact) mass is 315 g/mol. The molecule has 0 spiro atoms. The first-order valence-electron chi connectivity index (χ1n) is 5.77. The van der Waals surface area contributed by atoms with Gasteiger partial charge in [0.2, 0.25) is 0 Å². The summed E-state index contributed by atoms with van der Waals surface area (Å²) in [6.45, 7) is 8.34. The summed E-state index contributed by atoms with van der Waals surface area (Å²) in [5, 5.41) is 2.93. The zero-order chi connectivity index (χ0) is 13.8. The van der Waals surface area contributed by atoms with Gasteiger partial charge in [-0.25, -0.2) is 9.97 Å². The first kappa shape index (κ1) is 14.9. The van der Waals surface area contributed by atoms with Crippen LogP contribution in [-0.4, -0.2) is 29.1 Å². The molecular formula is C12H18BrN3O2. The van der Waals surface area contributed by atoms with E-state index in [2.05, 4.69) is 31.2 Å². The van der Waals surface area contributed by atoms with Crippen molar-refractivity contribution in [2.75, 3.05) is 18.5 Å². The molecule has 0 radical (unpaired) electrons. The van der Waals surface area contributed by atoms with E-state index in [1.165, 1.54) is 0 Å². The highest BCUT2D eigenvalue weighted by Crippen LogP contribution is 2.22. The third-order valence-corrected chi connectivity index (χ3v) is 2.49. The maximum atomic E-state index is 11.2. The molecule has 0 atom stereocenters. The molecule has 5 nitrogen and oxygen atoms in total. The van der Waals surface area contributed by atoms with Crippen molar-refractivity contribution >= 4 is 27.7 Å². The Kier molecular flexibility index (Phi) is 5.07. The van der Waals surface area contributed by atoms with Gasteiger partial charge >= 0.3 is 5.97 Å². The summed E-state index contributed by atoms with van der Waals surface area (Å²) in [5.41, 5.74) is -0.149. The van der Waals surface area contributed by atoms with Crippen molar-refractivity contribution in [3.05, 3.63) is 16.5 Å². The zero-order valence-corrected chi connectivity index (χ0v) is 12.7. The third-order valence-electron chi connectivity index (χ3n) is 2.08. The molecular weight excluding hydrogens is 298 g/mol. The number of carbonyl (C=O) groups is 1. The predicted octanol–water partition coefficient (Wildman–Crippen LogP) is 2.51. The van der Waals surface area contributed by atoms with E-state index in [0.29, 0.717) is 22.9 Å². The average molecular weight is 316 g/mol. The van der Waals surface area contributed by atoms with Gasteiger partial charge in [-0.05, 0) is 22.9 Å². The summed E-state index contributed by atoms with van der Waals surface area (Å²) < 4.78 is 5.52. The van der Waals surface area contributed by atoms with Crippen molar-refractivity contribution in [2.24, 2.45) is 0 Å². The van der Waals surface area contributed by atoms with E-state index in [0.717, 1.165) is 0 Å². The molecule has 1 aromatic heterocycles. The van der Waals surface area contributed by atoms with Crippen LogP contribution in [0.1, 0.15) is 33.5 Å². The second-order valence-corrected chi connectivity index (χ2v) is 5.62. The van der Waals surface area contributed by atoms with Crippen molar-refractivity contribution in [3.63, 3.8) is 0 Å². The van der Waals surface area contributed by atoms with Crippen LogP contribution in [0.5, 0.6) is 0 Å². The third kappa shape index (κ3) is 4.60. The molecule has 0 bridgehead atoms. The van der Waals surface area contributed by atoms with Gasteiger partial charge in [0.1, 0.15) is 22.8 Å². The number of nitrogens with one attached hydrogen (secondary N) is 1. The van der Waals surface area contributed by atoms with Gasteiger partial charge in [-0.1, -0.05) is 20.8 Å². The van der Waals surface area contributed by atoms with Crippen molar-refractivity contribution < 1.29 is 9.53 Å². The molecule has 0 aliphatic heterocycles. The smallest absolute Gasteiger partial charge is 0.325 e. The second kappa shape index (κ2) is 6.13. The number of hydrogen-bond acceptors (Lipinski definition) is 5. The van der Waals surface area contributed by atoms with Gasteiger partial charge < -0.3 is 10.1 Å². The molecule has 6 heteroatoms. The molecule has 0 saturated heterocycles. The van der Waals surface area contributed by atoms with Crippen LogP contribution in [0.25, 0.3) is 0 Å². The molecule has 1 N–H and O–H groups in total. The van der Waals surface area contributed by atoms with Crippen molar-refractivity contribution in [1.82, 2.24) is 9.97 Å². The Morgan fingerprint density at radius 2 is 2.11 bits per heavy atom. The van der Waals surface area contributed by atoms with Crippen LogP contribution in [0, 0.1) is 0 Å². The van der Waals surface area contributed by atoms with Gasteiger partial charge in [0, 0.05) is 11.5 Å². The molecule has 0 amide bonds. The van der Waals surface area contributed by atoms with E-state index in [1.807, 2.05) is 20.8 Å². The molecule has 0 fully saturated rings. The Balaban J connectivity index is 2.78. The van der Waals surface area contributed by atoms with Gasteiger partial charge in [-0.2, -0.15) is 0 Å². The van der Waals surface area contributed by atoms with E-state index < -0.39 is 0 Å². The fourth-order valence-electron chi connectivity index (χ4n) is 1.22. The number of anilines is 1.